The van der Waals surface area contributed by atoms with E-state index in [1.807, 2.05) is 63.9 Å². The molecule has 0 spiro atoms. The van der Waals surface area contributed by atoms with Crippen LogP contribution in [0.2, 0.25) is 0 Å². The average Bonchev–Trinajstić information content (AvgIpc) is 4.23. The second-order valence-corrected chi connectivity index (χ2v) is 25.7. The number of hydrogen-bond donors (Lipinski definition) is 5. The molecule has 0 radical (unpaired) electrons. The number of aromatic amines is 2. The van der Waals surface area contributed by atoms with Crippen LogP contribution < -0.4 is 26.2 Å². The lowest BCUT2D eigenvalue weighted by atomic mass is 9.95. The Morgan fingerprint density at radius 3 is 1.69 bits per heavy atom. The highest BCUT2D eigenvalue weighted by Crippen LogP contribution is 2.31. The topological polar surface area (TPSA) is 303 Å². The summed E-state index contributed by atoms with van der Waals surface area (Å²) in [4.78, 5) is 43.7. The molecule has 2 atom stereocenters. The van der Waals surface area contributed by atoms with Crippen molar-refractivity contribution in [2.24, 2.45) is 16.6 Å². The monoisotopic (exact) mass is 1130 g/mol. The van der Waals surface area contributed by atoms with Gasteiger partial charge in [-0.2, -0.15) is 30.7 Å². The van der Waals surface area contributed by atoms with Gasteiger partial charge < -0.3 is 35.8 Å². The van der Waals surface area contributed by atoms with Crippen molar-refractivity contribution in [1.82, 2.24) is 60.5 Å². The van der Waals surface area contributed by atoms with Crippen molar-refractivity contribution in [3.63, 3.8) is 0 Å². The SMILES string of the molecule is CC(C)(C)OC(=O)N1CC[C@@H](N)C1.Cc1ccc(-c2ncn[nH]2)cc1Cc1nc(N[C@@H]2CCNC2)nc(N(C)CC(C)(C)C)c1C#N.Cc1ccc(-c2ncn[nH]2)cc1Cc1nc(S(C)(=O)=O)nc(N(C)CC(C)(C)C)c1C#N.Cl. The molecule has 0 bridgehead atoms. The number of ether oxygens (including phenoxy) is 1. The molecule has 2 fully saturated rings. The fraction of sp³-hybridized carbons (Fsp3) is 0.518. The van der Waals surface area contributed by atoms with Gasteiger partial charge in [-0.25, -0.2) is 33.1 Å². The molecule has 24 heteroatoms. The van der Waals surface area contributed by atoms with E-state index in [2.05, 4.69) is 129 Å². The highest BCUT2D eigenvalue weighted by atomic mass is 35.5. The van der Waals surface area contributed by atoms with Gasteiger partial charge in [0.25, 0.3) is 0 Å². The molecule has 6 heterocycles. The third-order valence-electron chi connectivity index (χ3n) is 12.7. The number of anilines is 3. The van der Waals surface area contributed by atoms with Crippen LogP contribution in [-0.2, 0) is 27.4 Å². The van der Waals surface area contributed by atoms with Crippen molar-refractivity contribution in [3.05, 3.63) is 93.8 Å². The number of carbonyl (C=O) groups excluding carboxylic acids is 1. The Balaban J connectivity index is 0.000000239. The number of aromatic nitrogens is 10. The molecule has 2 aliphatic heterocycles. The lowest BCUT2D eigenvalue weighted by molar-refractivity contribution is 0.0292. The predicted molar refractivity (Wildman–Crippen MR) is 313 cm³/mol. The summed E-state index contributed by atoms with van der Waals surface area (Å²) < 4.78 is 29.9. The van der Waals surface area contributed by atoms with E-state index in [4.69, 9.17) is 20.4 Å². The third-order valence-corrected chi connectivity index (χ3v) is 13.5. The molecular weight excluding hydrogens is 1060 g/mol. The Labute approximate surface area is 477 Å². The molecule has 2 aliphatic rings. The fourth-order valence-electron chi connectivity index (χ4n) is 9.11. The number of nitrogens with zero attached hydrogens (tertiary/aromatic N) is 13. The molecule has 0 aliphatic carbocycles. The predicted octanol–water partition coefficient (Wildman–Crippen LogP) is 7.58. The number of hydrogen-bond acceptors (Lipinski definition) is 19. The first-order valence-electron chi connectivity index (χ1n) is 26.4. The quantitative estimate of drug-likeness (QED) is 0.0696. The van der Waals surface area contributed by atoms with Gasteiger partial charge in [0.2, 0.25) is 20.9 Å². The summed E-state index contributed by atoms with van der Waals surface area (Å²) in [6.07, 6.45) is 6.44. The molecule has 22 nitrogen and oxygen atoms in total. The molecule has 1 amide bonds. The molecule has 80 heavy (non-hydrogen) atoms. The van der Waals surface area contributed by atoms with Gasteiger partial charge in [-0.3, -0.25) is 10.2 Å². The van der Waals surface area contributed by atoms with Gasteiger partial charge in [0.05, 0.1) is 11.4 Å². The van der Waals surface area contributed by atoms with Gasteiger partial charge in [-0.15, -0.1) is 12.4 Å². The molecule has 0 unspecified atom stereocenters. The van der Waals surface area contributed by atoms with E-state index in [0.717, 1.165) is 84.4 Å². The minimum absolute atomic E-state index is 0. The average molecular weight is 1140 g/mol. The standard InChI is InChI=1S/C25H33N9.C22H27N7O2S.C9H18N2O2.ClH/c1-16-6-7-17(22-28-15-29-33-22)10-18(16)11-21-20(12-26)23(34(5)14-25(2,3)4)32-24(31-21)30-19-8-9-27-13-19;1-14-7-8-15(19-24-13-25-28-19)9-16(14)10-18-17(11-23)20(29(5)12-22(2,3)4)27-21(26-18)32(6,30)31;1-9(2,3)13-8(12)11-5-4-7(10)6-11;/h6-7,10,15,19,27H,8-9,11,13-14H2,1-5H3,(H,28,29,33)(H,30,31,32);7-9,13H,10,12H2,1-6H3,(H,24,25,28);7H,4-6,10H2,1-3H3;1H/t19-;;7-;/m1.1./s1. The van der Waals surface area contributed by atoms with E-state index in [1.165, 1.54) is 12.7 Å². The highest BCUT2D eigenvalue weighted by molar-refractivity contribution is 7.90. The van der Waals surface area contributed by atoms with Crippen molar-refractivity contribution in [2.45, 2.75) is 125 Å². The normalized spacial score (nSPS) is 15.3. The lowest BCUT2D eigenvalue weighted by Crippen LogP contribution is -2.36. The van der Waals surface area contributed by atoms with Crippen molar-refractivity contribution in [3.8, 4) is 34.9 Å². The minimum Gasteiger partial charge on any atom is -0.444 e. The first kappa shape index (κ1) is 63.5. The Hall–Kier alpha value is -7.31. The summed E-state index contributed by atoms with van der Waals surface area (Å²) in [5.74, 6) is 2.89. The number of likely N-dealkylation sites (tertiary alicyclic amines) is 1. The second kappa shape index (κ2) is 26.8. The van der Waals surface area contributed by atoms with E-state index in [9.17, 15) is 23.7 Å². The number of halogens is 1. The van der Waals surface area contributed by atoms with Crippen molar-refractivity contribution < 1.29 is 17.9 Å². The van der Waals surface area contributed by atoms with E-state index >= 15 is 0 Å². The third kappa shape index (κ3) is 18.1. The summed E-state index contributed by atoms with van der Waals surface area (Å²) in [7, 11) is 0.123. The maximum absolute atomic E-state index is 12.3. The maximum atomic E-state index is 12.3. The highest BCUT2D eigenvalue weighted by Gasteiger charge is 2.29. The number of benzene rings is 2. The van der Waals surface area contributed by atoms with Crippen LogP contribution in [0.15, 0.2) is 54.2 Å². The van der Waals surface area contributed by atoms with E-state index in [1.54, 1.807) is 11.9 Å². The zero-order valence-corrected chi connectivity index (χ0v) is 50.3. The van der Waals surface area contributed by atoms with Crippen LogP contribution in [0.1, 0.15) is 120 Å². The van der Waals surface area contributed by atoms with Gasteiger partial charge in [0.15, 0.2) is 23.3 Å². The molecule has 2 aromatic carbocycles. The largest absolute Gasteiger partial charge is 0.444 e. The zero-order valence-electron chi connectivity index (χ0n) is 48.7. The number of H-pyrrole nitrogens is 2. The van der Waals surface area contributed by atoms with Gasteiger partial charge in [-0.05, 0) is 99.2 Å². The zero-order chi connectivity index (χ0) is 58.0. The van der Waals surface area contributed by atoms with E-state index in [0.29, 0.717) is 60.0 Å². The van der Waals surface area contributed by atoms with Crippen LogP contribution in [0.5, 0.6) is 0 Å². The van der Waals surface area contributed by atoms with Crippen LogP contribution in [0, 0.1) is 47.3 Å². The maximum Gasteiger partial charge on any atom is 0.410 e. The van der Waals surface area contributed by atoms with Crippen molar-refractivity contribution in [1.29, 1.82) is 10.5 Å². The fourth-order valence-corrected chi connectivity index (χ4v) is 9.64. The summed E-state index contributed by atoms with van der Waals surface area (Å²) >= 11 is 0. The summed E-state index contributed by atoms with van der Waals surface area (Å²) in [6, 6.07) is 17.0. The van der Waals surface area contributed by atoms with Gasteiger partial charge >= 0.3 is 6.09 Å². The van der Waals surface area contributed by atoms with Crippen LogP contribution in [0.4, 0.5) is 22.4 Å². The molecule has 430 valence electrons. The number of sulfone groups is 1. The Morgan fingerprint density at radius 1 is 0.787 bits per heavy atom. The number of amides is 1. The van der Waals surface area contributed by atoms with Crippen LogP contribution in [0.3, 0.4) is 0 Å². The number of nitriles is 2. The van der Waals surface area contributed by atoms with Gasteiger partial charge in [0.1, 0.15) is 41.5 Å². The summed E-state index contributed by atoms with van der Waals surface area (Å²) in [6.45, 7) is 26.9. The summed E-state index contributed by atoms with van der Waals surface area (Å²) in [5, 5.41) is 40.3. The number of nitrogens with one attached hydrogen (secondary N) is 4. The first-order valence-corrected chi connectivity index (χ1v) is 28.3. The molecule has 6 aromatic rings. The molecule has 2 saturated heterocycles. The molecule has 8 rings (SSSR count). The van der Waals surface area contributed by atoms with Crippen molar-refractivity contribution in [2.75, 3.05) is 74.7 Å². The Kier molecular flexibility index (Phi) is 21.3. The molecule has 0 saturated carbocycles. The van der Waals surface area contributed by atoms with E-state index in [-0.39, 0.29) is 58.6 Å². The lowest BCUT2D eigenvalue weighted by Gasteiger charge is -2.29. The number of aryl methyl sites for hydroxylation is 2. The van der Waals surface area contributed by atoms with Crippen LogP contribution in [-0.4, -0.2) is 147 Å². The van der Waals surface area contributed by atoms with Gasteiger partial charge in [-0.1, -0.05) is 65.8 Å². The van der Waals surface area contributed by atoms with Gasteiger partial charge in [0, 0.05) is 89.1 Å². The number of carbonyl (C=O) groups is 1. The Morgan fingerprint density at radius 2 is 1.29 bits per heavy atom. The molecule has 6 N–H and O–H groups in total. The number of nitrogens with two attached hydrogens (primary N) is 1. The van der Waals surface area contributed by atoms with E-state index < -0.39 is 15.4 Å². The Bertz CT molecular complexity index is 3240. The second-order valence-electron chi connectivity index (χ2n) is 23.8. The minimum atomic E-state index is -3.68. The first-order chi connectivity index (χ1) is 37.0. The van der Waals surface area contributed by atoms with Crippen LogP contribution in [0.25, 0.3) is 22.8 Å². The van der Waals surface area contributed by atoms with Crippen LogP contribution >= 0.6 is 12.4 Å². The summed E-state index contributed by atoms with van der Waals surface area (Å²) in [5.41, 5.74) is 13.0. The molecular formula is C56H79ClN18O4S. The van der Waals surface area contributed by atoms with Crippen molar-refractivity contribution >= 4 is 45.9 Å². The molecule has 4 aromatic heterocycles. The smallest absolute Gasteiger partial charge is 0.410 e. The number of rotatable bonds is 13.